The lowest BCUT2D eigenvalue weighted by molar-refractivity contribution is -0.409. The smallest absolute Gasteiger partial charge is 0.389 e. The van der Waals surface area contributed by atoms with Gasteiger partial charge in [0.05, 0.1) is 17.9 Å². The summed E-state index contributed by atoms with van der Waals surface area (Å²) in [5.74, 6) is -0.962. The SMILES string of the molecule is Cc1ccc(C2=C3C=CC(SCC[C@H]([NH3+])C([O])=O)=[N+]3[B-](F)(F)n3c2ccc3-c2cn(CCCC[P+](c3ccccc3)(c3ccccc3)c3ccccc3)nn2)cc1. The summed E-state index contributed by atoms with van der Waals surface area (Å²) in [6.07, 6.45) is 8.09. The lowest BCUT2D eigenvalue weighted by atomic mass is 9.86. The first-order valence-electron chi connectivity index (χ1n) is 19.2. The van der Waals surface area contributed by atoms with Crippen LogP contribution in [0.25, 0.3) is 17.0 Å². The van der Waals surface area contributed by atoms with Crippen LogP contribution in [0.4, 0.5) is 8.63 Å². The molecule has 4 aromatic carbocycles. The predicted octanol–water partition coefficient (Wildman–Crippen LogP) is 6.50. The van der Waals surface area contributed by atoms with Gasteiger partial charge in [0.25, 0.3) is 0 Å². The van der Waals surface area contributed by atoms with Gasteiger partial charge in [-0.25, -0.2) is 9.90 Å². The van der Waals surface area contributed by atoms with E-state index in [0.29, 0.717) is 40.0 Å². The van der Waals surface area contributed by atoms with E-state index >= 15 is 8.63 Å². The Labute approximate surface area is 335 Å². The van der Waals surface area contributed by atoms with Gasteiger partial charge in [-0.15, -0.1) is 5.10 Å². The number of benzene rings is 4. The van der Waals surface area contributed by atoms with E-state index in [0.717, 1.165) is 39.1 Å². The summed E-state index contributed by atoms with van der Waals surface area (Å²) < 4.78 is 38.2. The molecule has 1 atom stereocenters. The third-order valence-electron chi connectivity index (χ3n) is 10.8. The van der Waals surface area contributed by atoms with Gasteiger partial charge in [0, 0.05) is 42.3 Å². The Hall–Kier alpha value is -5.42. The number of hydrogen-bond donors (Lipinski definition) is 1. The van der Waals surface area contributed by atoms with E-state index in [-0.39, 0.29) is 12.1 Å². The highest BCUT2D eigenvalue weighted by Gasteiger charge is 2.55. The van der Waals surface area contributed by atoms with E-state index in [1.807, 2.05) is 31.2 Å². The first-order valence-corrected chi connectivity index (χ1v) is 22.2. The molecule has 3 N–H and O–H groups in total. The van der Waals surface area contributed by atoms with E-state index in [1.165, 1.54) is 27.7 Å². The number of quaternary nitrogens is 1. The summed E-state index contributed by atoms with van der Waals surface area (Å²) in [7, 11) is -1.98. The Morgan fingerprint density at radius 3 is 2.02 bits per heavy atom. The summed E-state index contributed by atoms with van der Waals surface area (Å²) in [5, 5.41) is 24.5. The quantitative estimate of drug-likeness (QED) is 0.0773. The van der Waals surface area contributed by atoms with E-state index in [4.69, 9.17) is 0 Å². The minimum absolute atomic E-state index is 0.192. The van der Waals surface area contributed by atoms with Crippen molar-refractivity contribution in [3.8, 4) is 11.4 Å². The molecule has 0 fully saturated rings. The highest BCUT2D eigenvalue weighted by atomic mass is 32.2. The van der Waals surface area contributed by atoms with Gasteiger partial charge >= 0.3 is 12.9 Å². The molecule has 57 heavy (non-hydrogen) atoms. The predicted molar refractivity (Wildman–Crippen MR) is 227 cm³/mol. The molecule has 1 radical (unpaired) electrons. The largest absolute Gasteiger partial charge is 0.738 e. The van der Waals surface area contributed by atoms with Crippen LogP contribution in [0.1, 0.15) is 36.1 Å². The van der Waals surface area contributed by atoms with E-state index < -0.39 is 26.2 Å². The molecule has 0 saturated heterocycles. The van der Waals surface area contributed by atoms with Crippen LogP contribution < -0.4 is 21.6 Å². The number of allylic oxidation sites excluding steroid dienone is 1. The Kier molecular flexibility index (Phi) is 10.9. The second-order valence-corrected chi connectivity index (χ2v) is 19.2. The van der Waals surface area contributed by atoms with Crippen LogP contribution in [-0.4, -0.2) is 59.9 Å². The molecule has 0 bridgehead atoms. The fourth-order valence-electron chi connectivity index (χ4n) is 7.98. The first-order chi connectivity index (χ1) is 27.7. The molecular formula is C44H43BF2N6O2PS+2. The van der Waals surface area contributed by atoms with Crippen molar-refractivity contribution in [3.05, 3.63) is 168 Å². The van der Waals surface area contributed by atoms with Crippen LogP contribution >= 0.6 is 19.0 Å². The van der Waals surface area contributed by atoms with Crippen molar-refractivity contribution in [2.45, 2.75) is 38.8 Å². The number of aromatic nitrogens is 4. The molecule has 0 amide bonds. The average molecular weight is 800 g/mol. The van der Waals surface area contributed by atoms with Gasteiger partial charge in [-0.3, -0.25) is 4.68 Å². The van der Waals surface area contributed by atoms with Crippen molar-refractivity contribution >= 4 is 58.5 Å². The Morgan fingerprint density at radius 1 is 0.825 bits per heavy atom. The maximum Gasteiger partial charge on any atom is 0.738 e. The van der Waals surface area contributed by atoms with Gasteiger partial charge in [-0.1, -0.05) is 101 Å². The molecular weight excluding hydrogens is 756 g/mol. The molecule has 2 aliphatic rings. The average Bonchev–Trinajstić information content (AvgIpc) is 4.00. The van der Waals surface area contributed by atoms with Gasteiger partial charge in [0.15, 0.2) is 16.8 Å². The minimum Gasteiger partial charge on any atom is -0.389 e. The molecule has 2 aliphatic heterocycles. The van der Waals surface area contributed by atoms with Crippen LogP contribution in [-0.2, 0) is 16.4 Å². The van der Waals surface area contributed by atoms with Crippen molar-refractivity contribution in [2.75, 3.05) is 11.9 Å². The number of thioether (sulfide) groups is 1. The van der Waals surface area contributed by atoms with E-state index in [1.54, 1.807) is 35.2 Å². The second-order valence-electron chi connectivity index (χ2n) is 14.5. The van der Waals surface area contributed by atoms with Gasteiger partial charge in [0.2, 0.25) is 0 Å². The maximum atomic E-state index is 17.1. The third-order valence-corrected chi connectivity index (χ3v) is 16.4. The lowest BCUT2D eigenvalue weighted by Crippen LogP contribution is -2.64. The van der Waals surface area contributed by atoms with Crippen LogP contribution in [0.2, 0.25) is 0 Å². The number of aryl methyl sites for hydroxylation is 2. The van der Waals surface area contributed by atoms with Gasteiger partial charge in [-0.05, 0) is 73.9 Å². The second kappa shape index (κ2) is 16.2. The van der Waals surface area contributed by atoms with E-state index in [2.05, 4.69) is 107 Å². The zero-order valence-electron chi connectivity index (χ0n) is 31.6. The van der Waals surface area contributed by atoms with Gasteiger partial charge in [0.1, 0.15) is 28.9 Å². The summed E-state index contributed by atoms with van der Waals surface area (Å²) >= 11 is 1.19. The standard InChI is InChI=1S/C44H42BF2N6O2PS/c1-32-19-21-33(22-20-32)43-40-24-23-39(52(40)45(46,47)53-41(43)25-26-42(53)57-30-27-37(48)44(54)55)38-31-51(50-49-38)28-11-12-29-56(34-13-5-2-6-14-34,35-15-7-3-8-16-35)36-17-9-4-10-18-36/h2-10,13-26,31,37H,11-12,27-30,48H2,1H3/q+1/p+1/t37-/m0/s1. The number of nitrogens with zero attached hydrogens (tertiary/aromatic N) is 5. The van der Waals surface area contributed by atoms with Crippen molar-refractivity contribution in [2.24, 2.45) is 0 Å². The van der Waals surface area contributed by atoms with Gasteiger partial charge in [-0.2, -0.15) is 0 Å². The van der Waals surface area contributed by atoms with Crippen molar-refractivity contribution < 1.29 is 28.8 Å². The molecule has 0 spiro atoms. The summed E-state index contributed by atoms with van der Waals surface area (Å²) in [6.45, 7) is -1.81. The molecule has 0 unspecified atom stereocenters. The van der Waals surface area contributed by atoms with Crippen LogP contribution in [0, 0.1) is 6.92 Å². The molecule has 13 heteroatoms. The molecule has 4 heterocycles. The summed E-state index contributed by atoms with van der Waals surface area (Å²) in [4.78, 5) is 11.3. The number of hydrogen-bond acceptors (Lipinski definition) is 4. The molecule has 6 aromatic rings. The number of carbonyl (C=O) groups excluding carboxylic acids is 1. The van der Waals surface area contributed by atoms with E-state index in [9.17, 15) is 9.90 Å². The maximum absolute atomic E-state index is 17.1. The highest BCUT2D eigenvalue weighted by molar-refractivity contribution is 8.14. The fourth-order valence-corrected chi connectivity index (χ4v) is 13.5. The Bertz CT molecular complexity index is 2390. The lowest BCUT2D eigenvalue weighted by Gasteiger charge is -2.33. The number of fused-ring (bicyclic) bond motifs is 2. The molecule has 0 aliphatic carbocycles. The number of carbonyl (C=O) groups is 1. The normalized spacial score (nSPS) is 15.2. The zero-order chi connectivity index (χ0) is 39.6. The van der Waals surface area contributed by atoms with Crippen molar-refractivity contribution in [1.29, 1.82) is 0 Å². The summed E-state index contributed by atoms with van der Waals surface area (Å²) in [5.41, 5.74) is 7.62. The van der Waals surface area contributed by atoms with Crippen molar-refractivity contribution in [1.82, 2.24) is 19.5 Å². The fraction of sp³-hybridized carbons (Fsp3) is 0.182. The number of halogens is 2. The monoisotopic (exact) mass is 799 g/mol. The van der Waals surface area contributed by atoms with Crippen LogP contribution in [0.3, 0.4) is 0 Å². The topological polar surface area (TPSA) is 103 Å². The number of rotatable bonds is 14. The molecule has 2 aromatic heterocycles. The van der Waals surface area contributed by atoms with Crippen molar-refractivity contribution in [3.63, 3.8) is 0 Å². The van der Waals surface area contributed by atoms with Crippen LogP contribution in [0.15, 0.2) is 151 Å². The molecule has 287 valence electrons. The first kappa shape index (κ1) is 38.5. The van der Waals surface area contributed by atoms with Crippen LogP contribution in [0.5, 0.6) is 0 Å². The highest BCUT2D eigenvalue weighted by Crippen LogP contribution is 2.56. The number of unbranched alkanes of at least 4 members (excludes halogenated alkanes) is 1. The molecule has 8 rings (SSSR count). The zero-order valence-corrected chi connectivity index (χ0v) is 33.3. The third kappa shape index (κ3) is 7.34. The molecule has 0 saturated carbocycles. The Balaban J connectivity index is 1.08. The molecule has 8 nitrogen and oxygen atoms in total. The summed E-state index contributed by atoms with van der Waals surface area (Å²) in [6, 6.07) is 42.8. The minimum atomic E-state index is -4.38. The Morgan fingerprint density at radius 2 is 1.42 bits per heavy atom. The van der Waals surface area contributed by atoms with Gasteiger partial charge < -0.3 is 23.3 Å².